The number of rotatable bonds is 2. The molecular formula is C14H10ClN3. The third-order valence-corrected chi connectivity index (χ3v) is 2.86. The Bertz CT molecular complexity index is 692. The van der Waals surface area contributed by atoms with Gasteiger partial charge in [-0.3, -0.25) is 4.98 Å². The van der Waals surface area contributed by atoms with Crippen LogP contribution >= 0.6 is 11.6 Å². The fourth-order valence-electron chi connectivity index (χ4n) is 1.85. The smallest absolute Gasteiger partial charge is 0.131 e. The normalized spacial score (nSPS) is 10.5. The van der Waals surface area contributed by atoms with Crippen LogP contribution in [-0.4, -0.2) is 9.97 Å². The van der Waals surface area contributed by atoms with E-state index in [0.29, 0.717) is 5.15 Å². The van der Waals surface area contributed by atoms with E-state index in [0.717, 1.165) is 22.3 Å². The van der Waals surface area contributed by atoms with Crippen molar-refractivity contribution in [2.75, 3.05) is 5.32 Å². The predicted octanol–water partition coefficient (Wildman–Crippen LogP) is 4.03. The standard InChI is InChI=1S/C14H10ClN3/c15-14-9-10(6-8-17-14)18-13-5-1-4-12-11(13)3-2-7-16-12/h1-9H,(H,17,18). The van der Waals surface area contributed by atoms with Crippen LogP contribution in [0.15, 0.2) is 54.9 Å². The maximum atomic E-state index is 5.87. The summed E-state index contributed by atoms with van der Waals surface area (Å²) in [4.78, 5) is 8.28. The van der Waals surface area contributed by atoms with Gasteiger partial charge in [0.25, 0.3) is 0 Å². The number of benzene rings is 1. The van der Waals surface area contributed by atoms with Gasteiger partial charge >= 0.3 is 0 Å². The van der Waals surface area contributed by atoms with Gasteiger partial charge < -0.3 is 5.32 Å². The largest absolute Gasteiger partial charge is 0.355 e. The van der Waals surface area contributed by atoms with E-state index in [1.807, 2.05) is 36.4 Å². The molecule has 0 fully saturated rings. The van der Waals surface area contributed by atoms with Gasteiger partial charge in [-0.15, -0.1) is 0 Å². The molecule has 0 amide bonds. The number of hydrogen-bond donors (Lipinski definition) is 1. The molecule has 0 aliphatic rings. The van der Waals surface area contributed by atoms with Gasteiger partial charge in [0, 0.05) is 29.2 Å². The first-order valence-corrected chi connectivity index (χ1v) is 5.93. The van der Waals surface area contributed by atoms with Gasteiger partial charge in [0.15, 0.2) is 0 Å². The molecule has 2 aromatic heterocycles. The highest BCUT2D eigenvalue weighted by atomic mass is 35.5. The van der Waals surface area contributed by atoms with Crippen molar-refractivity contribution in [3.63, 3.8) is 0 Å². The molecule has 88 valence electrons. The highest BCUT2D eigenvalue weighted by Gasteiger charge is 2.01. The maximum Gasteiger partial charge on any atom is 0.131 e. The van der Waals surface area contributed by atoms with Crippen LogP contribution in [0.4, 0.5) is 11.4 Å². The van der Waals surface area contributed by atoms with E-state index in [1.54, 1.807) is 18.5 Å². The van der Waals surface area contributed by atoms with Crippen LogP contribution in [0.1, 0.15) is 0 Å². The summed E-state index contributed by atoms with van der Waals surface area (Å²) in [6, 6.07) is 13.6. The number of nitrogens with zero attached hydrogens (tertiary/aromatic N) is 2. The molecule has 3 nitrogen and oxygen atoms in total. The molecule has 0 saturated carbocycles. The molecule has 0 aliphatic carbocycles. The van der Waals surface area contributed by atoms with Crippen LogP contribution in [0.25, 0.3) is 10.9 Å². The number of halogens is 1. The van der Waals surface area contributed by atoms with Crippen LogP contribution in [0.3, 0.4) is 0 Å². The molecule has 0 unspecified atom stereocenters. The van der Waals surface area contributed by atoms with Crippen molar-refractivity contribution in [3.8, 4) is 0 Å². The summed E-state index contributed by atoms with van der Waals surface area (Å²) in [6.07, 6.45) is 3.46. The Balaban J connectivity index is 2.05. The fourth-order valence-corrected chi connectivity index (χ4v) is 2.02. The minimum absolute atomic E-state index is 0.471. The zero-order valence-electron chi connectivity index (χ0n) is 9.47. The second-order valence-corrected chi connectivity index (χ2v) is 4.26. The maximum absolute atomic E-state index is 5.87. The SMILES string of the molecule is Clc1cc(Nc2cccc3ncccc23)ccn1. The molecule has 4 heteroatoms. The fraction of sp³-hybridized carbons (Fsp3) is 0. The van der Waals surface area contributed by atoms with Gasteiger partial charge in [-0.2, -0.15) is 0 Å². The van der Waals surface area contributed by atoms with E-state index in [2.05, 4.69) is 15.3 Å². The Hall–Kier alpha value is -2.13. The summed E-state index contributed by atoms with van der Waals surface area (Å²) in [6.45, 7) is 0. The van der Waals surface area contributed by atoms with Gasteiger partial charge in [0.2, 0.25) is 0 Å². The first kappa shape index (κ1) is 11.0. The molecule has 3 rings (SSSR count). The summed E-state index contributed by atoms with van der Waals surface area (Å²) in [5.41, 5.74) is 2.87. The van der Waals surface area contributed by atoms with Crippen molar-refractivity contribution in [1.82, 2.24) is 9.97 Å². The van der Waals surface area contributed by atoms with Crippen molar-refractivity contribution in [2.45, 2.75) is 0 Å². The number of anilines is 2. The van der Waals surface area contributed by atoms with Gasteiger partial charge in [-0.05, 0) is 36.4 Å². The molecule has 1 aromatic carbocycles. The molecule has 0 atom stereocenters. The van der Waals surface area contributed by atoms with Crippen LogP contribution in [0.5, 0.6) is 0 Å². The predicted molar refractivity (Wildman–Crippen MR) is 74.3 cm³/mol. The zero-order valence-corrected chi connectivity index (χ0v) is 10.2. The van der Waals surface area contributed by atoms with Crippen molar-refractivity contribution in [3.05, 3.63) is 60.0 Å². The second-order valence-electron chi connectivity index (χ2n) is 3.87. The first-order valence-electron chi connectivity index (χ1n) is 5.55. The zero-order chi connectivity index (χ0) is 12.4. The van der Waals surface area contributed by atoms with Crippen LogP contribution in [0.2, 0.25) is 5.15 Å². The average Bonchev–Trinajstić information content (AvgIpc) is 2.39. The minimum atomic E-state index is 0.471. The van der Waals surface area contributed by atoms with E-state index >= 15 is 0 Å². The number of aromatic nitrogens is 2. The topological polar surface area (TPSA) is 37.8 Å². The van der Waals surface area contributed by atoms with E-state index in [-0.39, 0.29) is 0 Å². The summed E-state index contributed by atoms with van der Waals surface area (Å²) in [7, 11) is 0. The molecule has 3 aromatic rings. The molecule has 0 aliphatic heterocycles. The number of pyridine rings is 2. The van der Waals surface area contributed by atoms with Gasteiger partial charge in [0.05, 0.1) is 5.52 Å². The highest BCUT2D eigenvalue weighted by molar-refractivity contribution is 6.29. The molecular weight excluding hydrogens is 246 g/mol. The minimum Gasteiger partial charge on any atom is -0.355 e. The summed E-state index contributed by atoms with van der Waals surface area (Å²) in [5.74, 6) is 0. The van der Waals surface area contributed by atoms with Gasteiger partial charge in [-0.25, -0.2) is 4.98 Å². The lowest BCUT2D eigenvalue weighted by molar-refractivity contribution is 1.32. The Kier molecular flexibility index (Phi) is 2.82. The third-order valence-electron chi connectivity index (χ3n) is 2.65. The Morgan fingerprint density at radius 3 is 2.78 bits per heavy atom. The van der Waals surface area contributed by atoms with Crippen molar-refractivity contribution < 1.29 is 0 Å². The third kappa shape index (κ3) is 2.13. The van der Waals surface area contributed by atoms with Gasteiger partial charge in [0.1, 0.15) is 5.15 Å². The van der Waals surface area contributed by atoms with Crippen LogP contribution < -0.4 is 5.32 Å². The van der Waals surface area contributed by atoms with E-state index in [1.165, 1.54) is 0 Å². The Labute approximate surface area is 109 Å². The molecule has 0 saturated heterocycles. The average molecular weight is 256 g/mol. The lowest BCUT2D eigenvalue weighted by Crippen LogP contribution is -1.92. The van der Waals surface area contributed by atoms with Crippen LogP contribution in [0, 0.1) is 0 Å². The monoisotopic (exact) mass is 255 g/mol. The molecule has 0 spiro atoms. The number of fused-ring (bicyclic) bond motifs is 1. The van der Waals surface area contributed by atoms with Crippen molar-refractivity contribution >= 4 is 33.9 Å². The molecule has 0 bridgehead atoms. The molecule has 0 radical (unpaired) electrons. The summed E-state index contributed by atoms with van der Waals surface area (Å²) in [5, 5.41) is 4.87. The Morgan fingerprint density at radius 2 is 1.89 bits per heavy atom. The van der Waals surface area contributed by atoms with Crippen LogP contribution in [-0.2, 0) is 0 Å². The summed E-state index contributed by atoms with van der Waals surface area (Å²) < 4.78 is 0. The molecule has 18 heavy (non-hydrogen) atoms. The highest BCUT2D eigenvalue weighted by Crippen LogP contribution is 2.25. The Morgan fingerprint density at radius 1 is 0.944 bits per heavy atom. The number of hydrogen-bond acceptors (Lipinski definition) is 3. The van der Waals surface area contributed by atoms with E-state index in [4.69, 9.17) is 11.6 Å². The van der Waals surface area contributed by atoms with E-state index in [9.17, 15) is 0 Å². The number of nitrogens with one attached hydrogen (secondary N) is 1. The lowest BCUT2D eigenvalue weighted by atomic mass is 10.2. The summed E-state index contributed by atoms with van der Waals surface area (Å²) >= 11 is 5.87. The second kappa shape index (κ2) is 4.63. The van der Waals surface area contributed by atoms with Crippen molar-refractivity contribution in [1.29, 1.82) is 0 Å². The first-order chi connectivity index (χ1) is 8.83. The lowest BCUT2D eigenvalue weighted by Gasteiger charge is -2.09. The molecule has 2 heterocycles. The quantitative estimate of drug-likeness (QED) is 0.703. The van der Waals surface area contributed by atoms with Crippen molar-refractivity contribution in [2.24, 2.45) is 0 Å². The molecule has 1 N–H and O–H groups in total. The van der Waals surface area contributed by atoms with E-state index < -0.39 is 0 Å². The van der Waals surface area contributed by atoms with Gasteiger partial charge in [-0.1, -0.05) is 17.7 Å².